The predicted molar refractivity (Wildman–Crippen MR) is 117 cm³/mol. The minimum atomic E-state index is -1.12. The molecular weight excluding hydrogens is 444 g/mol. The number of nitriles is 1. The molecule has 33 heavy (non-hydrogen) atoms. The number of ether oxygens (including phenoxy) is 1. The highest BCUT2D eigenvalue weighted by Gasteiger charge is 2.27. The van der Waals surface area contributed by atoms with Crippen molar-refractivity contribution in [1.29, 1.82) is 5.26 Å². The lowest BCUT2D eigenvalue weighted by molar-refractivity contribution is -0.142. The number of carbonyl (C=O) groups is 2. The van der Waals surface area contributed by atoms with Crippen molar-refractivity contribution in [2.45, 2.75) is 12.8 Å². The highest BCUT2D eigenvalue weighted by atomic mass is 32.1. The zero-order valence-corrected chi connectivity index (χ0v) is 18.1. The molecule has 0 N–H and O–H groups in total. The third-order valence-electron chi connectivity index (χ3n) is 4.44. The molecular formula is C22H16N6O4S. The molecule has 1 aromatic carbocycles. The molecule has 0 saturated heterocycles. The van der Waals surface area contributed by atoms with Gasteiger partial charge in [0, 0.05) is 22.7 Å². The molecule has 11 heteroatoms. The van der Waals surface area contributed by atoms with Gasteiger partial charge >= 0.3 is 5.97 Å². The van der Waals surface area contributed by atoms with Gasteiger partial charge in [-0.05, 0) is 29.5 Å². The molecule has 10 nitrogen and oxygen atoms in total. The van der Waals surface area contributed by atoms with Gasteiger partial charge in [0.1, 0.15) is 10.8 Å². The number of hydrogen-bond donors (Lipinski definition) is 0. The number of aryl methyl sites for hydroxylation is 1. The number of ketones is 1. The third-order valence-corrected chi connectivity index (χ3v) is 5.47. The summed E-state index contributed by atoms with van der Waals surface area (Å²) in [5, 5.41) is 23.1. The van der Waals surface area contributed by atoms with E-state index in [0.717, 1.165) is 0 Å². The summed E-state index contributed by atoms with van der Waals surface area (Å²) in [6, 6.07) is 14.2. The normalized spacial score (nSPS) is 12.2. The number of hydrogen-bond acceptors (Lipinski definition) is 10. The summed E-state index contributed by atoms with van der Waals surface area (Å²) in [4.78, 5) is 29.8. The van der Waals surface area contributed by atoms with Crippen molar-refractivity contribution in [3.05, 3.63) is 70.6 Å². The van der Waals surface area contributed by atoms with Gasteiger partial charge in [-0.3, -0.25) is 4.79 Å². The van der Waals surface area contributed by atoms with Crippen LogP contribution in [0.3, 0.4) is 0 Å². The maximum atomic E-state index is 13.0. The van der Waals surface area contributed by atoms with Crippen LogP contribution in [0.2, 0.25) is 0 Å². The van der Waals surface area contributed by atoms with E-state index in [9.17, 15) is 14.9 Å². The maximum absolute atomic E-state index is 13.0. The zero-order chi connectivity index (χ0) is 23.2. The van der Waals surface area contributed by atoms with E-state index in [4.69, 9.17) is 9.15 Å². The fourth-order valence-corrected chi connectivity index (χ4v) is 3.76. The first kappa shape index (κ1) is 21.8. The Morgan fingerprint density at radius 1 is 1.27 bits per heavy atom. The molecule has 4 rings (SSSR count). The summed E-state index contributed by atoms with van der Waals surface area (Å²) in [5.41, 5.74) is 1.30. The second-order valence-electron chi connectivity index (χ2n) is 6.76. The topological polar surface area (TPSA) is 137 Å². The molecule has 3 heterocycles. The summed E-state index contributed by atoms with van der Waals surface area (Å²) < 4.78 is 11.8. The number of thiazole rings is 1. The Balaban J connectivity index is 1.59. The van der Waals surface area contributed by atoms with E-state index in [-0.39, 0.29) is 5.70 Å². The lowest BCUT2D eigenvalue weighted by Crippen LogP contribution is -2.22. The van der Waals surface area contributed by atoms with Gasteiger partial charge in [-0.25, -0.2) is 9.78 Å². The standard InChI is InChI=1S/C22H16N6O4S/c1-14-13-33-21(24-14)17(11-23)19(29)12-32-22(30)18(10-16-8-5-9-31-16)28-20(25-26-27-28)15-6-3-2-4-7-15/h2-10,13,17H,12H2,1H3/b18-10+/t17-/m0/s1. The van der Waals surface area contributed by atoms with E-state index in [2.05, 4.69) is 20.5 Å². The Hall–Kier alpha value is -4.43. The number of rotatable bonds is 8. The smallest absolute Gasteiger partial charge is 0.357 e. The molecule has 0 saturated carbocycles. The number of esters is 1. The van der Waals surface area contributed by atoms with Gasteiger partial charge in [0.2, 0.25) is 0 Å². The van der Waals surface area contributed by atoms with Crippen molar-refractivity contribution in [2.75, 3.05) is 6.61 Å². The first-order valence-electron chi connectivity index (χ1n) is 9.67. The van der Waals surface area contributed by atoms with Gasteiger partial charge in [-0.15, -0.1) is 16.4 Å². The summed E-state index contributed by atoms with van der Waals surface area (Å²) in [5.74, 6) is -1.92. The lowest BCUT2D eigenvalue weighted by Gasteiger charge is -2.10. The van der Waals surface area contributed by atoms with Gasteiger partial charge in [0.15, 0.2) is 29.8 Å². The van der Waals surface area contributed by atoms with Crippen LogP contribution in [0.4, 0.5) is 0 Å². The van der Waals surface area contributed by atoms with Crippen LogP contribution in [0, 0.1) is 18.3 Å². The minimum absolute atomic E-state index is 0.0693. The van der Waals surface area contributed by atoms with Crippen LogP contribution < -0.4 is 0 Å². The molecule has 0 spiro atoms. The second-order valence-corrected chi connectivity index (χ2v) is 7.65. The van der Waals surface area contributed by atoms with Crippen LogP contribution in [0.5, 0.6) is 0 Å². The molecule has 0 fully saturated rings. The maximum Gasteiger partial charge on any atom is 0.357 e. The summed E-state index contributed by atoms with van der Waals surface area (Å²) in [7, 11) is 0. The molecule has 0 aliphatic rings. The summed E-state index contributed by atoms with van der Waals surface area (Å²) in [6.07, 6.45) is 2.85. The summed E-state index contributed by atoms with van der Waals surface area (Å²) in [6.45, 7) is 1.15. The van der Waals surface area contributed by atoms with Crippen molar-refractivity contribution < 1.29 is 18.7 Å². The number of tetrazole rings is 1. The molecule has 1 atom stereocenters. The fourth-order valence-electron chi connectivity index (χ4n) is 2.89. The van der Waals surface area contributed by atoms with Crippen molar-refractivity contribution >= 4 is 34.9 Å². The van der Waals surface area contributed by atoms with E-state index in [1.54, 1.807) is 36.6 Å². The molecule has 0 bridgehead atoms. The lowest BCUT2D eigenvalue weighted by atomic mass is 10.1. The highest BCUT2D eigenvalue weighted by molar-refractivity contribution is 7.09. The molecule has 0 unspecified atom stereocenters. The fraction of sp³-hybridized carbons (Fsp3) is 0.136. The molecule has 0 aliphatic carbocycles. The molecule has 0 amide bonds. The zero-order valence-electron chi connectivity index (χ0n) is 17.3. The van der Waals surface area contributed by atoms with Crippen LogP contribution in [0.25, 0.3) is 23.2 Å². The van der Waals surface area contributed by atoms with Crippen LogP contribution in [0.15, 0.2) is 58.5 Å². The van der Waals surface area contributed by atoms with Crippen molar-refractivity contribution in [1.82, 2.24) is 25.2 Å². The largest absolute Gasteiger partial charge is 0.465 e. The van der Waals surface area contributed by atoms with Gasteiger partial charge in [-0.2, -0.15) is 9.94 Å². The summed E-state index contributed by atoms with van der Waals surface area (Å²) >= 11 is 1.20. The minimum Gasteiger partial charge on any atom is -0.465 e. The number of Topliss-reactive ketones (excluding diaryl/α,β-unsaturated/α-hetero) is 1. The van der Waals surface area contributed by atoms with E-state index < -0.39 is 24.3 Å². The quantitative estimate of drug-likeness (QED) is 0.287. The average Bonchev–Trinajstić information content (AvgIpc) is 3.59. The SMILES string of the molecule is Cc1csc([C@@H](C#N)C(=O)COC(=O)/C(=C\c2ccco2)n2nnnc2-c2ccccc2)n1. The first-order valence-corrected chi connectivity index (χ1v) is 10.6. The van der Waals surface area contributed by atoms with E-state index >= 15 is 0 Å². The monoisotopic (exact) mass is 460 g/mol. The number of nitrogens with zero attached hydrogens (tertiary/aromatic N) is 6. The number of furan rings is 1. The van der Waals surface area contributed by atoms with Crippen molar-refractivity contribution in [3.8, 4) is 17.5 Å². The highest BCUT2D eigenvalue weighted by Crippen LogP contribution is 2.23. The Morgan fingerprint density at radius 3 is 2.76 bits per heavy atom. The van der Waals surface area contributed by atoms with Crippen LogP contribution in [-0.4, -0.2) is 43.6 Å². The Labute approximate surface area is 191 Å². The number of aromatic nitrogens is 5. The first-order chi connectivity index (χ1) is 16.1. The van der Waals surface area contributed by atoms with Crippen LogP contribution >= 0.6 is 11.3 Å². The van der Waals surface area contributed by atoms with Crippen LogP contribution in [0.1, 0.15) is 22.4 Å². The average molecular weight is 460 g/mol. The van der Waals surface area contributed by atoms with Gasteiger partial charge in [0.05, 0.1) is 12.3 Å². The molecule has 0 radical (unpaired) electrons. The Bertz CT molecular complexity index is 1330. The van der Waals surface area contributed by atoms with Gasteiger partial charge in [0.25, 0.3) is 0 Å². The van der Waals surface area contributed by atoms with Crippen molar-refractivity contribution in [2.24, 2.45) is 0 Å². The molecule has 0 aliphatic heterocycles. The third kappa shape index (κ3) is 4.91. The van der Waals surface area contributed by atoms with Crippen molar-refractivity contribution in [3.63, 3.8) is 0 Å². The van der Waals surface area contributed by atoms with E-state index in [1.807, 2.05) is 24.3 Å². The van der Waals surface area contributed by atoms with Crippen LogP contribution in [-0.2, 0) is 14.3 Å². The Morgan fingerprint density at radius 2 is 2.09 bits per heavy atom. The predicted octanol–water partition coefficient (Wildman–Crippen LogP) is 3.12. The number of benzene rings is 1. The van der Waals surface area contributed by atoms with E-state index in [0.29, 0.717) is 27.8 Å². The molecule has 164 valence electrons. The second kappa shape index (κ2) is 9.80. The van der Waals surface area contributed by atoms with Gasteiger partial charge in [-0.1, -0.05) is 30.3 Å². The van der Waals surface area contributed by atoms with Gasteiger partial charge < -0.3 is 9.15 Å². The molecule has 4 aromatic rings. The molecule has 3 aromatic heterocycles. The van der Waals surface area contributed by atoms with E-state index in [1.165, 1.54) is 28.4 Å². The Kier molecular flexibility index (Phi) is 6.47. The number of carbonyl (C=O) groups excluding carboxylic acids is 2.